The number of carbonyl (C=O) groups is 3. The van der Waals surface area contributed by atoms with Crippen molar-refractivity contribution >= 4 is 29.3 Å². The van der Waals surface area contributed by atoms with Gasteiger partial charge in [0, 0.05) is 11.4 Å². The van der Waals surface area contributed by atoms with E-state index in [1.165, 1.54) is 4.90 Å². The number of nitrogens with one attached hydrogen (secondary N) is 2. The van der Waals surface area contributed by atoms with Crippen LogP contribution >= 0.6 is 0 Å². The van der Waals surface area contributed by atoms with Crippen molar-refractivity contribution in [3.05, 3.63) is 59.7 Å². The fraction of sp³-hybridized carbons (Fsp3) is 0.348. The summed E-state index contributed by atoms with van der Waals surface area (Å²) in [5, 5.41) is 5.24. The van der Waals surface area contributed by atoms with Gasteiger partial charge in [-0.2, -0.15) is 0 Å². The summed E-state index contributed by atoms with van der Waals surface area (Å²) in [7, 11) is 0. The molecule has 0 fully saturated rings. The van der Waals surface area contributed by atoms with Crippen LogP contribution in [0.25, 0.3) is 0 Å². The summed E-state index contributed by atoms with van der Waals surface area (Å²) in [6, 6.07) is 14.1. The number of para-hydroxylation sites is 1. The number of nitrogens with zero attached hydrogens (tertiary/aromatic N) is 1. The van der Waals surface area contributed by atoms with Gasteiger partial charge in [0.05, 0.1) is 6.54 Å². The highest BCUT2D eigenvalue weighted by Crippen LogP contribution is 2.20. The number of benzene rings is 2. The Labute approximate surface area is 177 Å². The number of hydrogen-bond acceptors (Lipinski definition) is 4. The Balaban J connectivity index is 2.07. The number of carbonyl (C=O) groups excluding carboxylic acids is 3. The van der Waals surface area contributed by atoms with Crippen molar-refractivity contribution in [2.24, 2.45) is 0 Å². The topological polar surface area (TPSA) is 87.7 Å². The second kappa shape index (κ2) is 9.91. The zero-order chi connectivity index (χ0) is 22.3. The second-order valence-corrected chi connectivity index (χ2v) is 8.03. The van der Waals surface area contributed by atoms with E-state index in [-0.39, 0.29) is 13.1 Å². The fourth-order valence-electron chi connectivity index (χ4n) is 2.83. The van der Waals surface area contributed by atoms with Gasteiger partial charge in [-0.3, -0.25) is 14.5 Å². The van der Waals surface area contributed by atoms with Crippen molar-refractivity contribution in [2.75, 3.05) is 23.3 Å². The first-order valence-corrected chi connectivity index (χ1v) is 9.74. The maximum absolute atomic E-state index is 12.9. The minimum Gasteiger partial charge on any atom is -0.459 e. The third-order valence-corrected chi connectivity index (χ3v) is 4.09. The molecule has 0 aromatic heterocycles. The normalized spacial score (nSPS) is 10.8. The van der Waals surface area contributed by atoms with Gasteiger partial charge < -0.3 is 15.4 Å². The summed E-state index contributed by atoms with van der Waals surface area (Å²) < 4.78 is 5.36. The average Bonchev–Trinajstić information content (AvgIpc) is 2.63. The molecule has 2 aromatic carbocycles. The van der Waals surface area contributed by atoms with Gasteiger partial charge in [0.25, 0.3) is 0 Å². The van der Waals surface area contributed by atoms with Crippen LogP contribution in [-0.4, -0.2) is 36.6 Å². The molecule has 0 aliphatic heterocycles. The highest BCUT2D eigenvalue weighted by Gasteiger charge is 2.24. The number of ether oxygens (including phenoxy) is 1. The summed E-state index contributed by atoms with van der Waals surface area (Å²) in [5.41, 5.74) is 2.40. The molecule has 30 heavy (non-hydrogen) atoms. The molecule has 0 atom stereocenters. The molecule has 0 aliphatic carbocycles. The number of esters is 1. The molecular weight excluding hydrogens is 382 g/mol. The Morgan fingerprint density at radius 1 is 1.00 bits per heavy atom. The Morgan fingerprint density at radius 2 is 1.70 bits per heavy atom. The van der Waals surface area contributed by atoms with Crippen LogP contribution in [0.3, 0.4) is 0 Å². The van der Waals surface area contributed by atoms with Gasteiger partial charge in [0.1, 0.15) is 12.1 Å². The molecule has 0 heterocycles. The van der Waals surface area contributed by atoms with Gasteiger partial charge >= 0.3 is 12.0 Å². The first-order valence-electron chi connectivity index (χ1n) is 9.74. The van der Waals surface area contributed by atoms with Crippen LogP contribution in [0.4, 0.5) is 16.2 Å². The molecule has 7 nitrogen and oxygen atoms in total. The van der Waals surface area contributed by atoms with Crippen molar-refractivity contribution in [3.8, 4) is 0 Å². The standard InChI is InChI=1S/C23H29N3O4/c1-16-9-8-11-18(13-16)25-22(29)24-14-20(27)26(15-21(28)30-23(3,4)5)19-12-7-6-10-17(19)2/h6-13H,14-15H2,1-5H3,(H2,24,25,29). The zero-order valence-electron chi connectivity index (χ0n) is 18.1. The predicted molar refractivity (Wildman–Crippen MR) is 118 cm³/mol. The molecule has 160 valence electrons. The van der Waals surface area contributed by atoms with Crippen molar-refractivity contribution in [1.82, 2.24) is 5.32 Å². The molecule has 0 aliphatic rings. The third kappa shape index (κ3) is 7.24. The van der Waals surface area contributed by atoms with Crippen LogP contribution in [-0.2, 0) is 14.3 Å². The second-order valence-electron chi connectivity index (χ2n) is 8.03. The van der Waals surface area contributed by atoms with Crippen LogP contribution in [0.2, 0.25) is 0 Å². The molecule has 0 spiro atoms. The molecule has 3 amide bonds. The number of rotatable bonds is 6. The molecule has 7 heteroatoms. The maximum Gasteiger partial charge on any atom is 0.326 e. The van der Waals surface area contributed by atoms with Crippen LogP contribution in [0.15, 0.2) is 48.5 Å². The first-order chi connectivity index (χ1) is 14.0. The Bertz CT molecular complexity index is 919. The lowest BCUT2D eigenvalue weighted by molar-refractivity contribution is -0.153. The highest BCUT2D eigenvalue weighted by molar-refractivity contribution is 6.01. The highest BCUT2D eigenvalue weighted by atomic mass is 16.6. The minimum absolute atomic E-state index is 0.248. The largest absolute Gasteiger partial charge is 0.459 e. The number of urea groups is 1. The average molecular weight is 412 g/mol. The van der Waals surface area contributed by atoms with Gasteiger partial charge in [-0.05, 0) is 63.9 Å². The molecule has 2 N–H and O–H groups in total. The van der Waals surface area contributed by atoms with Crippen LogP contribution in [0, 0.1) is 13.8 Å². The van der Waals surface area contributed by atoms with Crippen LogP contribution in [0.1, 0.15) is 31.9 Å². The Hall–Kier alpha value is -3.35. The molecule has 2 aromatic rings. The zero-order valence-corrected chi connectivity index (χ0v) is 18.1. The van der Waals surface area contributed by atoms with E-state index in [2.05, 4.69) is 10.6 Å². The number of anilines is 2. The van der Waals surface area contributed by atoms with Gasteiger partial charge in [-0.1, -0.05) is 30.3 Å². The number of aryl methyl sites for hydroxylation is 2. The summed E-state index contributed by atoms with van der Waals surface area (Å²) in [6.07, 6.45) is 0. The van der Waals surface area contributed by atoms with Crippen molar-refractivity contribution in [3.63, 3.8) is 0 Å². The lowest BCUT2D eigenvalue weighted by Gasteiger charge is -2.26. The summed E-state index contributed by atoms with van der Waals surface area (Å²) in [6.45, 7) is 8.55. The Morgan fingerprint density at radius 3 is 2.33 bits per heavy atom. The van der Waals surface area contributed by atoms with Gasteiger partial charge in [0.2, 0.25) is 5.91 Å². The monoisotopic (exact) mass is 411 g/mol. The smallest absolute Gasteiger partial charge is 0.326 e. The van der Waals surface area contributed by atoms with Gasteiger partial charge in [-0.15, -0.1) is 0 Å². The molecule has 0 unspecified atom stereocenters. The number of hydrogen-bond donors (Lipinski definition) is 2. The van der Waals surface area contributed by atoms with Crippen LogP contribution < -0.4 is 15.5 Å². The fourth-order valence-corrected chi connectivity index (χ4v) is 2.83. The van der Waals surface area contributed by atoms with Gasteiger partial charge in [0.15, 0.2) is 0 Å². The van der Waals surface area contributed by atoms with Gasteiger partial charge in [-0.25, -0.2) is 4.79 Å². The summed E-state index contributed by atoms with van der Waals surface area (Å²) in [4.78, 5) is 38.7. The molecule has 0 radical (unpaired) electrons. The Kier molecular flexibility index (Phi) is 7.58. The molecule has 0 saturated heterocycles. The molecule has 0 saturated carbocycles. The predicted octanol–water partition coefficient (Wildman–Crippen LogP) is 3.80. The molecular formula is C23H29N3O4. The lowest BCUT2D eigenvalue weighted by Crippen LogP contribution is -2.45. The van der Waals surface area contributed by atoms with E-state index in [9.17, 15) is 14.4 Å². The van der Waals surface area contributed by atoms with Crippen LogP contribution in [0.5, 0.6) is 0 Å². The quantitative estimate of drug-likeness (QED) is 0.708. The van der Waals surface area contributed by atoms with Crippen molar-refractivity contribution < 1.29 is 19.1 Å². The van der Waals surface area contributed by atoms with E-state index in [1.54, 1.807) is 39.0 Å². The van der Waals surface area contributed by atoms with Crippen molar-refractivity contribution in [2.45, 2.75) is 40.2 Å². The number of amides is 3. The summed E-state index contributed by atoms with van der Waals surface area (Å²) in [5.74, 6) is -0.946. The van der Waals surface area contributed by atoms with Crippen molar-refractivity contribution in [1.29, 1.82) is 0 Å². The lowest BCUT2D eigenvalue weighted by atomic mass is 10.1. The molecule has 2 rings (SSSR count). The first kappa shape index (κ1) is 22.9. The van der Waals surface area contributed by atoms with E-state index in [4.69, 9.17) is 4.74 Å². The maximum atomic E-state index is 12.9. The van der Waals surface area contributed by atoms with E-state index in [0.29, 0.717) is 11.4 Å². The van der Waals surface area contributed by atoms with E-state index in [0.717, 1.165) is 11.1 Å². The van der Waals surface area contributed by atoms with E-state index >= 15 is 0 Å². The summed E-state index contributed by atoms with van der Waals surface area (Å²) >= 11 is 0. The SMILES string of the molecule is Cc1cccc(NC(=O)NCC(=O)N(CC(=O)OC(C)(C)C)c2ccccc2C)c1. The third-order valence-electron chi connectivity index (χ3n) is 4.09. The van der Waals surface area contributed by atoms with E-state index < -0.39 is 23.5 Å². The minimum atomic E-state index is -0.663. The van der Waals surface area contributed by atoms with E-state index in [1.807, 2.05) is 44.2 Å². The molecule has 0 bridgehead atoms.